The van der Waals surface area contributed by atoms with E-state index >= 15 is 0 Å². The van der Waals surface area contributed by atoms with Crippen molar-refractivity contribution in [2.24, 2.45) is 11.7 Å². The van der Waals surface area contributed by atoms with E-state index in [1.54, 1.807) is 0 Å². The van der Waals surface area contributed by atoms with Crippen LogP contribution < -0.4 is 16.4 Å². The fourth-order valence-electron chi connectivity index (χ4n) is 3.10. The van der Waals surface area contributed by atoms with Crippen LogP contribution in [-0.2, 0) is 4.79 Å². The summed E-state index contributed by atoms with van der Waals surface area (Å²) in [6.07, 6.45) is 8.44. The lowest BCUT2D eigenvalue weighted by atomic mass is 9.84. The van der Waals surface area contributed by atoms with E-state index in [4.69, 9.17) is 5.73 Å². The lowest BCUT2D eigenvalue weighted by Crippen LogP contribution is -2.51. The van der Waals surface area contributed by atoms with Gasteiger partial charge >= 0.3 is 0 Å². The summed E-state index contributed by atoms with van der Waals surface area (Å²) in [4.78, 5) is 12.0. The summed E-state index contributed by atoms with van der Waals surface area (Å²) in [6.45, 7) is 1.54. The minimum atomic E-state index is 0.0210. The van der Waals surface area contributed by atoms with Crippen LogP contribution in [0, 0.1) is 5.92 Å². The van der Waals surface area contributed by atoms with Gasteiger partial charge in [0.05, 0.1) is 6.04 Å². The molecule has 2 fully saturated rings. The van der Waals surface area contributed by atoms with Crippen molar-refractivity contribution >= 4 is 5.91 Å². The summed E-state index contributed by atoms with van der Waals surface area (Å²) in [6, 6.07) is 0.206. The molecule has 4 nitrogen and oxygen atoms in total. The Bertz CT molecular complexity index is 245. The van der Waals surface area contributed by atoms with Crippen LogP contribution in [0.5, 0.6) is 0 Å². The Morgan fingerprint density at radius 3 is 2.59 bits per heavy atom. The van der Waals surface area contributed by atoms with E-state index in [1.807, 2.05) is 0 Å². The molecule has 0 spiro atoms. The largest absolute Gasteiger partial charge is 0.350 e. The van der Waals surface area contributed by atoms with Crippen molar-refractivity contribution in [3.63, 3.8) is 0 Å². The first-order chi connectivity index (χ1) is 8.31. The molecule has 0 aromatic carbocycles. The number of nitrogens with two attached hydrogens (primary N) is 1. The molecule has 1 aliphatic carbocycles. The Labute approximate surface area is 104 Å². The van der Waals surface area contributed by atoms with E-state index in [2.05, 4.69) is 10.6 Å². The second kappa shape index (κ2) is 6.36. The normalized spacial score (nSPS) is 27.9. The van der Waals surface area contributed by atoms with Crippen LogP contribution in [-0.4, -0.2) is 31.1 Å². The Kier molecular flexibility index (Phi) is 4.80. The van der Waals surface area contributed by atoms with Crippen molar-refractivity contribution < 1.29 is 4.79 Å². The van der Waals surface area contributed by atoms with Crippen molar-refractivity contribution in [3.8, 4) is 0 Å². The highest BCUT2D eigenvalue weighted by Crippen LogP contribution is 2.26. The molecular formula is C13H25N3O. The highest BCUT2D eigenvalue weighted by molar-refractivity contribution is 5.82. The number of carbonyl (C=O) groups excluding carboxylic acids is 1. The first kappa shape index (κ1) is 12.8. The van der Waals surface area contributed by atoms with E-state index in [0.717, 1.165) is 19.4 Å². The van der Waals surface area contributed by atoms with Crippen LogP contribution >= 0.6 is 0 Å². The van der Waals surface area contributed by atoms with Gasteiger partial charge in [-0.15, -0.1) is 0 Å². The Balaban J connectivity index is 1.82. The molecule has 2 atom stereocenters. The number of amides is 1. The average Bonchev–Trinajstić information content (AvgIpc) is 2.90. The number of rotatable bonds is 4. The van der Waals surface area contributed by atoms with Crippen LogP contribution in [0.25, 0.3) is 0 Å². The zero-order valence-electron chi connectivity index (χ0n) is 10.6. The van der Waals surface area contributed by atoms with Gasteiger partial charge in [-0.25, -0.2) is 0 Å². The van der Waals surface area contributed by atoms with Gasteiger partial charge in [0.15, 0.2) is 0 Å². The summed E-state index contributed by atoms with van der Waals surface area (Å²) in [5, 5.41) is 6.39. The van der Waals surface area contributed by atoms with Crippen LogP contribution in [0.3, 0.4) is 0 Å². The maximum atomic E-state index is 12.0. The summed E-state index contributed by atoms with van der Waals surface area (Å²) in [7, 11) is 0. The van der Waals surface area contributed by atoms with Crippen molar-refractivity contribution in [1.29, 1.82) is 0 Å². The van der Waals surface area contributed by atoms with E-state index < -0.39 is 0 Å². The minimum Gasteiger partial charge on any atom is -0.350 e. The molecule has 0 bridgehead atoms. The van der Waals surface area contributed by atoms with Crippen LogP contribution in [0.4, 0.5) is 0 Å². The van der Waals surface area contributed by atoms with E-state index in [1.165, 1.54) is 32.1 Å². The zero-order chi connectivity index (χ0) is 12.1. The molecule has 4 N–H and O–H groups in total. The molecule has 0 aromatic rings. The lowest BCUT2D eigenvalue weighted by molar-refractivity contribution is -0.123. The maximum Gasteiger partial charge on any atom is 0.237 e. The molecule has 2 unspecified atom stereocenters. The predicted molar refractivity (Wildman–Crippen MR) is 68.6 cm³/mol. The van der Waals surface area contributed by atoms with Crippen molar-refractivity contribution in [2.45, 2.75) is 57.0 Å². The van der Waals surface area contributed by atoms with E-state index in [9.17, 15) is 4.79 Å². The van der Waals surface area contributed by atoms with Crippen LogP contribution in [0.2, 0.25) is 0 Å². The van der Waals surface area contributed by atoms with Gasteiger partial charge in [-0.1, -0.05) is 19.3 Å². The molecule has 17 heavy (non-hydrogen) atoms. The van der Waals surface area contributed by atoms with Gasteiger partial charge in [0.2, 0.25) is 5.91 Å². The number of nitrogens with one attached hydrogen (secondary N) is 2. The van der Waals surface area contributed by atoms with Crippen molar-refractivity contribution in [2.75, 3.05) is 13.1 Å². The molecule has 98 valence electrons. The summed E-state index contributed by atoms with van der Waals surface area (Å²) < 4.78 is 0. The molecule has 1 saturated heterocycles. The van der Waals surface area contributed by atoms with Gasteiger partial charge in [-0.05, 0) is 38.1 Å². The average molecular weight is 239 g/mol. The standard InChI is InChI=1S/C13H25N3O/c14-9-12(10-5-2-1-3-6-10)16-13(17)11-7-4-8-15-11/h10-12,15H,1-9,14H2,(H,16,17). The van der Waals surface area contributed by atoms with Crippen LogP contribution in [0.15, 0.2) is 0 Å². The van der Waals surface area contributed by atoms with Gasteiger partial charge in [-0.2, -0.15) is 0 Å². The summed E-state index contributed by atoms with van der Waals surface area (Å²) >= 11 is 0. The molecule has 0 aromatic heterocycles. The second-order valence-electron chi connectivity index (χ2n) is 5.40. The summed E-state index contributed by atoms with van der Waals surface area (Å²) in [5.74, 6) is 0.752. The fourth-order valence-corrected chi connectivity index (χ4v) is 3.10. The summed E-state index contributed by atoms with van der Waals surface area (Å²) in [5.41, 5.74) is 5.82. The number of hydrogen-bond donors (Lipinski definition) is 3. The molecule has 1 heterocycles. The maximum absolute atomic E-state index is 12.0. The third-order valence-electron chi connectivity index (χ3n) is 4.18. The Hall–Kier alpha value is -0.610. The first-order valence-corrected chi connectivity index (χ1v) is 7.05. The molecule has 2 aliphatic rings. The highest BCUT2D eigenvalue weighted by Gasteiger charge is 2.28. The molecule has 1 aliphatic heterocycles. The number of hydrogen-bond acceptors (Lipinski definition) is 3. The Morgan fingerprint density at radius 2 is 2.00 bits per heavy atom. The van der Waals surface area contributed by atoms with Gasteiger partial charge in [-0.3, -0.25) is 4.79 Å². The number of carbonyl (C=O) groups is 1. The molecule has 1 amide bonds. The molecule has 2 rings (SSSR count). The first-order valence-electron chi connectivity index (χ1n) is 7.05. The predicted octanol–water partition coefficient (Wildman–Crippen LogP) is 0.762. The van der Waals surface area contributed by atoms with E-state index in [0.29, 0.717) is 12.5 Å². The smallest absolute Gasteiger partial charge is 0.237 e. The van der Waals surface area contributed by atoms with Crippen LogP contribution in [0.1, 0.15) is 44.9 Å². The van der Waals surface area contributed by atoms with Crippen molar-refractivity contribution in [1.82, 2.24) is 10.6 Å². The third kappa shape index (κ3) is 3.42. The van der Waals surface area contributed by atoms with Crippen molar-refractivity contribution in [3.05, 3.63) is 0 Å². The second-order valence-corrected chi connectivity index (χ2v) is 5.40. The van der Waals surface area contributed by atoms with Gasteiger partial charge in [0.1, 0.15) is 0 Å². The molecule has 1 saturated carbocycles. The highest BCUT2D eigenvalue weighted by atomic mass is 16.2. The molecular weight excluding hydrogens is 214 g/mol. The van der Waals surface area contributed by atoms with Gasteiger partial charge in [0.25, 0.3) is 0 Å². The monoisotopic (exact) mass is 239 g/mol. The quantitative estimate of drug-likeness (QED) is 0.678. The SMILES string of the molecule is NCC(NC(=O)C1CCCN1)C1CCCCC1. The molecule has 4 heteroatoms. The zero-order valence-corrected chi connectivity index (χ0v) is 10.6. The van der Waals surface area contributed by atoms with Gasteiger partial charge in [0, 0.05) is 12.6 Å². The molecule has 0 radical (unpaired) electrons. The lowest BCUT2D eigenvalue weighted by Gasteiger charge is -2.30. The third-order valence-corrected chi connectivity index (χ3v) is 4.18. The minimum absolute atomic E-state index is 0.0210. The fraction of sp³-hybridized carbons (Fsp3) is 0.923. The van der Waals surface area contributed by atoms with E-state index in [-0.39, 0.29) is 18.0 Å². The topological polar surface area (TPSA) is 67.1 Å². The Morgan fingerprint density at radius 1 is 1.24 bits per heavy atom. The van der Waals surface area contributed by atoms with Gasteiger partial charge < -0.3 is 16.4 Å².